The highest BCUT2D eigenvalue weighted by molar-refractivity contribution is 6.00. The fourth-order valence-corrected chi connectivity index (χ4v) is 2.61. The molecule has 20 heavy (non-hydrogen) atoms. The van der Waals surface area contributed by atoms with Crippen LogP contribution in [0.15, 0.2) is 30.7 Å². The molecular formula is C15H18N4O. The van der Waals surface area contributed by atoms with Crippen molar-refractivity contribution >= 4 is 22.5 Å². The van der Waals surface area contributed by atoms with Gasteiger partial charge in [-0.25, -0.2) is 0 Å². The lowest BCUT2D eigenvalue weighted by Crippen LogP contribution is -2.15. The van der Waals surface area contributed by atoms with Gasteiger partial charge in [0.2, 0.25) is 5.91 Å². The number of aromatic nitrogens is 2. The second-order valence-electron chi connectivity index (χ2n) is 5.20. The van der Waals surface area contributed by atoms with Gasteiger partial charge in [-0.05, 0) is 44.0 Å². The Morgan fingerprint density at radius 1 is 1.40 bits per heavy atom. The summed E-state index contributed by atoms with van der Waals surface area (Å²) in [7, 11) is 0. The van der Waals surface area contributed by atoms with Gasteiger partial charge in [-0.2, -0.15) is 0 Å². The lowest BCUT2D eigenvalue weighted by Gasteiger charge is -2.10. The largest absolute Gasteiger partial charge is 0.325 e. The first-order valence-corrected chi connectivity index (χ1v) is 7.02. The summed E-state index contributed by atoms with van der Waals surface area (Å²) in [5, 5.41) is 7.17. The Balaban J connectivity index is 1.65. The summed E-state index contributed by atoms with van der Waals surface area (Å²) in [5.74, 6) is 0.699. The molecule has 2 aromatic heterocycles. The molecule has 1 atom stereocenters. The van der Waals surface area contributed by atoms with Gasteiger partial charge < -0.3 is 10.6 Å². The number of nitrogens with zero attached hydrogens (tertiary/aromatic N) is 2. The molecule has 0 spiro atoms. The van der Waals surface area contributed by atoms with Crippen LogP contribution in [0.4, 0.5) is 5.69 Å². The lowest BCUT2D eigenvalue weighted by molar-refractivity contribution is -0.116. The zero-order valence-electron chi connectivity index (χ0n) is 11.3. The molecule has 3 rings (SSSR count). The van der Waals surface area contributed by atoms with E-state index < -0.39 is 0 Å². The third-order valence-electron chi connectivity index (χ3n) is 3.76. The maximum absolute atomic E-state index is 12.0. The third kappa shape index (κ3) is 2.93. The topological polar surface area (TPSA) is 66.9 Å². The Labute approximate surface area is 117 Å². The fourth-order valence-electron chi connectivity index (χ4n) is 2.61. The summed E-state index contributed by atoms with van der Waals surface area (Å²) < 4.78 is 0. The summed E-state index contributed by atoms with van der Waals surface area (Å²) in [4.78, 5) is 20.4. The van der Waals surface area contributed by atoms with E-state index >= 15 is 0 Å². The number of hydrogen-bond acceptors (Lipinski definition) is 4. The van der Waals surface area contributed by atoms with Crippen LogP contribution < -0.4 is 10.6 Å². The lowest BCUT2D eigenvalue weighted by atomic mass is 10.0. The van der Waals surface area contributed by atoms with E-state index in [1.54, 1.807) is 18.6 Å². The Kier molecular flexibility index (Phi) is 3.87. The molecule has 3 heterocycles. The van der Waals surface area contributed by atoms with Crippen LogP contribution in [0.2, 0.25) is 0 Å². The average Bonchev–Trinajstić information content (AvgIpc) is 2.99. The maximum atomic E-state index is 12.0. The molecule has 1 aliphatic heterocycles. The van der Waals surface area contributed by atoms with Gasteiger partial charge in [0.05, 0.1) is 11.2 Å². The molecule has 5 nitrogen and oxygen atoms in total. The molecule has 104 valence electrons. The van der Waals surface area contributed by atoms with Crippen molar-refractivity contribution in [3.8, 4) is 0 Å². The van der Waals surface area contributed by atoms with E-state index in [-0.39, 0.29) is 5.91 Å². The Morgan fingerprint density at radius 3 is 3.20 bits per heavy atom. The van der Waals surface area contributed by atoms with Crippen LogP contribution in [0.5, 0.6) is 0 Å². The first-order chi connectivity index (χ1) is 9.83. The van der Waals surface area contributed by atoms with E-state index in [1.165, 1.54) is 6.42 Å². The van der Waals surface area contributed by atoms with Crippen LogP contribution in [0, 0.1) is 5.92 Å². The van der Waals surface area contributed by atoms with Crippen LogP contribution in [0.3, 0.4) is 0 Å². The monoisotopic (exact) mass is 270 g/mol. The molecule has 0 aromatic carbocycles. The summed E-state index contributed by atoms with van der Waals surface area (Å²) in [6.45, 7) is 2.11. The van der Waals surface area contributed by atoms with Gasteiger partial charge in [0.25, 0.3) is 0 Å². The third-order valence-corrected chi connectivity index (χ3v) is 3.76. The van der Waals surface area contributed by atoms with E-state index in [2.05, 4.69) is 20.6 Å². The fraction of sp³-hybridized carbons (Fsp3) is 0.400. The van der Waals surface area contributed by atoms with Gasteiger partial charge in [-0.3, -0.25) is 14.8 Å². The van der Waals surface area contributed by atoms with Crippen molar-refractivity contribution in [2.24, 2.45) is 5.92 Å². The minimum Gasteiger partial charge on any atom is -0.325 e. The van der Waals surface area contributed by atoms with E-state index in [0.717, 1.165) is 36.1 Å². The highest BCUT2D eigenvalue weighted by Gasteiger charge is 2.16. The molecule has 0 bridgehead atoms. The van der Waals surface area contributed by atoms with Crippen LogP contribution in [-0.2, 0) is 4.79 Å². The van der Waals surface area contributed by atoms with Gasteiger partial charge >= 0.3 is 0 Å². The van der Waals surface area contributed by atoms with E-state index in [1.807, 2.05) is 12.1 Å². The smallest absolute Gasteiger partial charge is 0.224 e. The SMILES string of the molecule is O=C(CCC1CCNC1)Nc1ccnc2ccncc12. The van der Waals surface area contributed by atoms with Crippen molar-refractivity contribution in [3.05, 3.63) is 30.7 Å². The van der Waals surface area contributed by atoms with Crippen molar-refractivity contribution in [2.45, 2.75) is 19.3 Å². The quantitative estimate of drug-likeness (QED) is 0.891. The molecule has 1 unspecified atom stereocenters. The number of hydrogen-bond donors (Lipinski definition) is 2. The second kappa shape index (κ2) is 5.96. The second-order valence-corrected chi connectivity index (χ2v) is 5.20. The number of anilines is 1. The van der Waals surface area contributed by atoms with E-state index in [4.69, 9.17) is 0 Å². The van der Waals surface area contributed by atoms with Crippen molar-refractivity contribution in [2.75, 3.05) is 18.4 Å². The van der Waals surface area contributed by atoms with Crippen LogP contribution in [-0.4, -0.2) is 29.0 Å². The van der Waals surface area contributed by atoms with E-state index in [9.17, 15) is 4.79 Å². The molecule has 1 amide bonds. The molecular weight excluding hydrogens is 252 g/mol. The molecule has 2 aromatic rings. The minimum atomic E-state index is 0.0632. The van der Waals surface area contributed by atoms with E-state index in [0.29, 0.717) is 12.3 Å². The standard InChI is InChI=1S/C15H18N4O/c20-15(2-1-11-3-6-16-9-11)19-14-5-8-18-13-4-7-17-10-12(13)14/h4-5,7-8,10-11,16H,1-3,6,9H2,(H,18,19,20). The summed E-state index contributed by atoms with van der Waals surface area (Å²) >= 11 is 0. The Bertz CT molecular complexity index is 602. The Morgan fingerprint density at radius 2 is 2.35 bits per heavy atom. The van der Waals surface area contributed by atoms with Gasteiger partial charge in [0.1, 0.15) is 0 Å². The normalized spacial score (nSPS) is 18.3. The van der Waals surface area contributed by atoms with Gasteiger partial charge in [-0.1, -0.05) is 0 Å². The highest BCUT2D eigenvalue weighted by Crippen LogP contribution is 2.21. The van der Waals surface area contributed by atoms with Gasteiger partial charge in [0.15, 0.2) is 0 Å². The number of fused-ring (bicyclic) bond motifs is 1. The molecule has 1 fully saturated rings. The summed E-state index contributed by atoms with van der Waals surface area (Å²) in [6.07, 6.45) is 7.83. The zero-order chi connectivity index (χ0) is 13.8. The van der Waals surface area contributed by atoms with Crippen molar-refractivity contribution in [1.29, 1.82) is 0 Å². The maximum Gasteiger partial charge on any atom is 0.224 e. The molecule has 1 aliphatic rings. The average molecular weight is 270 g/mol. The van der Waals surface area contributed by atoms with Crippen LogP contribution in [0.1, 0.15) is 19.3 Å². The van der Waals surface area contributed by atoms with Crippen molar-refractivity contribution in [3.63, 3.8) is 0 Å². The molecule has 0 saturated carbocycles. The van der Waals surface area contributed by atoms with Crippen LogP contribution >= 0.6 is 0 Å². The number of amides is 1. The summed E-state index contributed by atoms with van der Waals surface area (Å²) in [6, 6.07) is 3.66. The number of carbonyl (C=O) groups excluding carboxylic acids is 1. The minimum absolute atomic E-state index is 0.0632. The number of rotatable bonds is 4. The van der Waals surface area contributed by atoms with Crippen molar-refractivity contribution in [1.82, 2.24) is 15.3 Å². The number of pyridine rings is 2. The predicted octanol–water partition coefficient (Wildman–Crippen LogP) is 1.96. The predicted molar refractivity (Wildman–Crippen MR) is 78.4 cm³/mol. The molecule has 0 radical (unpaired) electrons. The summed E-state index contributed by atoms with van der Waals surface area (Å²) in [5.41, 5.74) is 1.63. The number of carbonyl (C=O) groups is 1. The van der Waals surface area contributed by atoms with Crippen LogP contribution in [0.25, 0.3) is 10.9 Å². The van der Waals surface area contributed by atoms with Gasteiger partial charge in [0, 0.05) is 30.4 Å². The first-order valence-electron chi connectivity index (χ1n) is 7.02. The molecule has 2 N–H and O–H groups in total. The number of nitrogens with one attached hydrogen (secondary N) is 2. The highest BCUT2D eigenvalue weighted by atomic mass is 16.1. The first kappa shape index (κ1) is 13.0. The Hall–Kier alpha value is -2.01. The zero-order valence-corrected chi connectivity index (χ0v) is 11.3. The molecule has 1 saturated heterocycles. The van der Waals surface area contributed by atoms with Gasteiger partial charge in [-0.15, -0.1) is 0 Å². The molecule has 5 heteroatoms. The molecule has 0 aliphatic carbocycles. The van der Waals surface area contributed by atoms with Crippen molar-refractivity contribution < 1.29 is 4.79 Å².